The number of rotatable bonds is 5. The van der Waals surface area contributed by atoms with E-state index in [4.69, 9.17) is 9.52 Å². The Kier molecular flexibility index (Phi) is 4.55. The molecule has 1 aliphatic rings. The summed E-state index contributed by atoms with van der Waals surface area (Å²) in [6.07, 6.45) is 3.33. The number of carbonyl (C=O) groups is 2. The molecular formula is C15H22N2O4. The first-order chi connectivity index (χ1) is 9.90. The molecule has 0 unspecified atom stereocenters. The fraction of sp³-hybridized carbons (Fsp3) is 0.600. The summed E-state index contributed by atoms with van der Waals surface area (Å²) in [6.45, 7) is 2.22. The summed E-state index contributed by atoms with van der Waals surface area (Å²) < 4.78 is 5.45. The van der Waals surface area contributed by atoms with E-state index in [1.54, 1.807) is 7.05 Å². The van der Waals surface area contributed by atoms with Crippen LogP contribution in [0.25, 0.3) is 0 Å². The van der Waals surface area contributed by atoms with E-state index in [1.165, 1.54) is 4.90 Å². The number of nitrogens with zero attached hydrogens (tertiary/aromatic N) is 1. The first-order valence-electron chi connectivity index (χ1n) is 7.21. The first-order valence-corrected chi connectivity index (χ1v) is 7.21. The van der Waals surface area contributed by atoms with E-state index in [9.17, 15) is 9.59 Å². The number of carboxylic acids is 1. The summed E-state index contributed by atoms with van der Waals surface area (Å²) >= 11 is 0. The van der Waals surface area contributed by atoms with Gasteiger partial charge in [0.2, 0.25) is 0 Å². The lowest BCUT2D eigenvalue weighted by molar-refractivity contribution is -0.138. The molecule has 0 saturated heterocycles. The topological polar surface area (TPSA) is 82.8 Å². The lowest BCUT2D eigenvalue weighted by Gasteiger charge is -2.31. The second-order valence-corrected chi connectivity index (χ2v) is 5.86. The van der Waals surface area contributed by atoms with Gasteiger partial charge in [-0.05, 0) is 31.9 Å². The number of amides is 2. The molecule has 21 heavy (non-hydrogen) atoms. The van der Waals surface area contributed by atoms with Gasteiger partial charge in [-0.25, -0.2) is 4.79 Å². The molecule has 116 valence electrons. The Morgan fingerprint density at radius 1 is 1.38 bits per heavy atom. The molecule has 1 saturated carbocycles. The molecule has 1 aromatic rings. The summed E-state index contributed by atoms with van der Waals surface area (Å²) in [5, 5.41) is 12.0. The number of carbonyl (C=O) groups excluding carboxylic acids is 1. The molecule has 2 N–H and O–H groups in total. The minimum atomic E-state index is -0.874. The van der Waals surface area contributed by atoms with Crippen LogP contribution in [0.3, 0.4) is 0 Å². The molecule has 0 radical (unpaired) electrons. The second-order valence-electron chi connectivity index (χ2n) is 5.86. The molecule has 0 spiro atoms. The van der Waals surface area contributed by atoms with Crippen LogP contribution in [0.1, 0.15) is 43.6 Å². The maximum atomic E-state index is 12.3. The van der Waals surface area contributed by atoms with Crippen LogP contribution in [-0.4, -0.2) is 34.6 Å². The van der Waals surface area contributed by atoms with Crippen LogP contribution >= 0.6 is 0 Å². The Morgan fingerprint density at radius 3 is 2.57 bits per heavy atom. The highest BCUT2D eigenvalue weighted by atomic mass is 16.4. The van der Waals surface area contributed by atoms with Gasteiger partial charge in [0.05, 0.1) is 18.5 Å². The molecule has 1 heterocycles. The quantitative estimate of drug-likeness (QED) is 0.874. The van der Waals surface area contributed by atoms with Crippen molar-refractivity contribution in [3.63, 3.8) is 0 Å². The van der Waals surface area contributed by atoms with Gasteiger partial charge in [0.1, 0.15) is 11.5 Å². The van der Waals surface area contributed by atoms with Gasteiger partial charge < -0.3 is 19.7 Å². The Morgan fingerprint density at radius 2 is 2.05 bits per heavy atom. The molecule has 1 aliphatic carbocycles. The molecule has 0 bridgehead atoms. The van der Waals surface area contributed by atoms with Gasteiger partial charge in [0, 0.05) is 7.05 Å². The van der Waals surface area contributed by atoms with Crippen LogP contribution in [0.15, 0.2) is 16.5 Å². The molecular weight excluding hydrogens is 272 g/mol. The number of hydrogen-bond donors (Lipinski definition) is 2. The molecule has 2 amide bonds. The van der Waals surface area contributed by atoms with Crippen LogP contribution in [0.2, 0.25) is 0 Å². The van der Waals surface area contributed by atoms with E-state index >= 15 is 0 Å². The third-order valence-electron chi connectivity index (χ3n) is 3.96. The van der Waals surface area contributed by atoms with Gasteiger partial charge in [-0.1, -0.05) is 12.8 Å². The minimum absolute atomic E-state index is 0.0214. The Hall–Kier alpha value is -1.98. The van der Waals surface area contributed by atoms with Crippen molar-refractivity contribution in [3.8, 4) is 0 Å². The second kappa shape index (κ2) is 6.20. The average Bonchev–Trinajstić information content (AvgIpc) is 2.98. The normalized spacial score (nSPS) is 16.7. The zero-order valence-corrected chi connectivity index (χ0v) is 12.5. The number of carboxylic acid groups (broad SMARTS) is 1. The SMILES string of the molecule is Cc1ccc(CN(C)C(=O)NC2(CC(=O)O)CCCC2)o1. The number of aliphatic carboxylic acids is 1. The minimum Gasteiger partial charge on any atom is -0.481 e. The first kappa shape index (κ1) is 15.4. The Labute approximate surface area is 124 Å². The van der Waals surface area contributed by atoms with E-state index in [0.29, 0.717) is 12.3 Å². The van der Waals surface area contributed by atoms with Gasteiger partial charge in [-0.15, -0.1) is 0 Å². The molecule has 0 aromatic carbocycles. The summed E-state index contributed by atoms with van der Waals surface area (Å²) in [7, 11) is 1.68. The lowest BCUT2D eigenvalue weighted by atomic mass is 9.93. The van der Waals surface area contributed by atoms with E-state index in [-0.39, 0.29) is 12.5 Å². The highest BCUT2D eigenvalue weighted by Crippen LogP contribution is 2.32. The standard InChI is InChI=1S/C15H22N2O4/c1-11-5-6-12(21-11)10-17(2)14(20)16-15(9-13(18)19)7-3-4-8-15/h5-6H,3-4,7-10H2,1-2H3,(H,16,20)(H,18,19). The zero-order chi connectivity index (χ0) is 15.5. The maximum absolute atomic E-state index is 12.3. The summed E-state index contributed by atoms with van der Waals surface area (Å²) in [5.41, 5.74) is -0.601. The predicted molar refractivity (Wildman–Crippen MR) is 76.9 cm³/mol. The number of nitrogens with one attached hydrogen (secondary N) is 1. The molecule has 6 nitrogen and oxygen atoms in total. The molecule has 1 aromatic heterocycles. The Balaban J connectivity index is 1.96. The van der Waals surface area contributed by atoms with Crippen molar-refractivity contribution in [1.29, 1.82) is 0 Å². The van der Waals surface area contributed by atoms with Crippen LogP contribution in [0, 0.1) is 6.92 Å². The molecule has 1 fully saturated rings. The smallest absolute Gasteiger partial charge is 0.317 e. The summed E-state index contributed by atoms with van der Waals surface area (Å²) in [5.74, 6) is 0.641. The molecule has 6 heteroatoms. The van der Waals surface area contributed by atoms with Crippen molar-refractivity contribution in [2.24, 2.45) is 0 Å². The third-order valence-corrected chi connectivity index (χ3v) is 3.96. The Bertz CT molecular complexity index is 517. The lowest BCUT2D eigenvalue weighted by Crippen LogP contribution is -2.51. The van der Waals surface area contributed by atoms with Gasteiger partial charge in [0.25, 0.3) is 0 Å². The van der Waals surface area contributed by atoms with Crippen LogP contribution in [-0.2, 0) is 11.3 Å². The maximum Gasteiger partial charge on any atom is 0.317 e. The molecule has 0 atom stereocenters. The van der Waals surface area contributed by atoms with Crippen molar-refractivity contribution >= 4 is 12.0 Å². The van der Waals surface area contributed by atoms with Crippen LogP contribution in [0.5, 0.6) is 0 Å². The highest BCUT2D eigenvalue weighted by Gasteiger charge is 2.38. The van der Waals surface area contributed by atoms with E-state index in [1.807, 2.05) is 19.1 Å². The molecule has 2 rings (SSSR count). The summed E-state index contributed by atoms with van der Waals surface area (Å²) in [6, 6.07) is 3.43. The monoisotopic (exact) mass is 294 g/mol. The van der Waals surface area contributed by atoms with E-state index in [0.717, 1.165) is 31.4 Å². The van der Waals surface area contributed by atoms with Crippen molar-refractivity contribution in [1.82, 2.24) is 10.2 Å². The van der Waals surface area contributed by atoms with Crippen molar-refractivity contribution in [2.75, 3.05) is 7.05 Å². The third kappa shape index (κ3) is 4.00. The fourth-order valence-electron chi connectivity index (χ4n) is 2.89. The average molecular weight is 294 g/mol. The van der Waals surface area contributed by atoms with E-state index in [2.05, 4.69) is 5.32 Å². The summed E-state index contributed by atoms with van der Waals surface area (Å²) in [4.78, 5) is 24.8. The van der Waals surface area contributed by atoms with Crippen LogP contribution in [0.4, 0.5) is 4.79 Å². The predicted octanol–water partition coefficient (Wildman–Crippen LogP) is 2.52. The highest BCUT2D eigenvalue weighted by molar-refractivity contribution is 5.76. The van der Waals surface area contributed by atoms with Crippen molar-refractivity contribution in [2.45, 2.75) is 51.1 Å². The van der Waals surface area contributed by atoms with Gasteiger partial charge >= 0.3 is 12.0 Å². The van der Waals surface area contributed by atoms with E-state index < -0.39 is 11.5 Å². The van der Waals surface area contributed by atoms with Gasteiger partial charge in [0.15, 0.2) is 0 Å². The van der Waals surface area contributed by atoms with Crippen molar-refractivity contribution < 1.29 is 19.1 Å². The van der Waals surface area contributed by atoms with Crippen molar-refractivity contribution in [3.05, 3.63) is 23.7 Å². The molecule has 0 aliphatic heterocycles. The fourth-order valence-corrected chi connectivity index (χ4v) is 2.89. The zero-order valence-electron chi connectivity index (χ0n) is 12.5. The number of hydrogen-bond acceptors (Lipinski definition) is 3. The van der Waals surface area contributed by atoms with Gasteiger partial charge in [-0.2, -0.15) is 0 Å². The van der Waals surface area contributed by atoms with Gasteiger partial charge in [-0.3, -0.25) is 4.79 Å². The number of furan rings is 1. The largest absolute Gasteiger partial charge is 0.481 e. The number of aryl methyl sites for hydroxylation is 1. The number of urea groups is 1. The van der Waals surface area contributed by atoms with Crippen LogP contribution < -0.4 is 5.32 Å².